The predicted molar refractivity (Wildman–Crippen MR) is 63.8 cm³/mol. The van der Waals surface area contributed by atoms with E-state index in [-0.39, 0.29) is 0 Å². The van der Waals surface area contributed by atoms with Crippen LogP contribution >= 0.6 is 15.9 Å². The van der Waals surface area contributed by atoms with Gasteiger partial charge < -0.3 is 19.7 Å². The van der Waals surface area contributed by atoms with Crippen molar-refractivity contribution in [1.29, 1.82) is 5.26 Å². The number of nitrogens with zero attached hydrogens (tertiary/aromatic N) is 1. The third kappa shape index (κ3) is 2.88. The van der Waals surface area contributed by atoms with E-state index in [1.165, 1.54) is 20.3 Å². The van der Waals surface area contributed by atoms with Crippen molar-refractivity contribution >= 4 is 15.9 Å². The lowest BCUT2D eigenvalue weighted by molar-refractivity contribution is 0.0521. The highest BCUT2D eigenvalue weighted by atomic mass is 79.9. The summed E-state index contributed by atoms with van der Waals surface area (Å²) in [5.41, 5.74) is 0.358. The van der Waals surface area contributed by atoms with Crippen LogP contribution in [0.1, 0.15) is 11.7 Å². The maximum Gasteiger partial charge on any atom is 0.170 e. The van der Waals surface area contributed by atoms with Crippen LogP contribution in [0.2, 0.25) is 0 Å². The number of ether oxygens (including phenoxy) is 2. The summed E-state index contributed by atoms with van der Waals surface area (Å²) < 4.78 is 10.7. The molecule has 0 saturated heterocycles. The van der Waals surface area contributed by atoms with E-state index in [0.29, 0.717) is 21.5 Å². The molecule has 0 spiro atoms. The molecule has 17 heavy (non-hydrogen) atoms. The summed E-state index contributed by atoms with van der Waals surface area (Å²) in [4.78, 5) is 0. The molecule has 0 fully saturated rings. The molecule has 0 aliphatic rings. The van der Waals surface area contributed by atoms with E-state index in [0.717, 1.165) is 0 Å². The highest BCUT2D eigenvalue weighted by Gasteiger charge is 2.22. The Morgan fingerprint density at radius 3 is 2.24 bits per heavy atom. The molecule has 2 N–H and O–H groups in total. The number of benzene rings is 1. The number of methoxy groups -OCH3 is 2. The van der Waals surface area contributed by atoms with Gasteiger partial charge in [0.05, 0.1) is 20.3 Å². The Hall–Kier alpha value is -1.29. The van der Waals surface area contributed by atoms with Crippen molar-refractivity contribution in [2.45, 2.75) is 12.2 Å². The molecule has 0 aliphatic heterocycles. The van der Waals surface area contributed by atoms with Gasteiger partial charge in [0, 0.05) is 10.0 Å². The Labute approximate surface area is 107 Å². The lowest BCUT2D eigenvalue weighted by atomic mass is 10.0. The summed E-state index contributed by atoms with van der Waals surface area (Å²) in [5.74, 6) is 0.900. The van der Waals surface area contributed by atoms with E-state index >= 15 is 0 Å². The molecule has 0 aromatic heterocycles. The van der Waals surface area contributed by atoms with E-state index in [9.17, 15) is 10.2 Å². The number of aliphatic hydroxyl groups excluding tert-OH is 2. The first-order chi connectivity index (χ1) is 8.04. The minimum atomic E-state index is -1.50. The Balaban J connectivity index is 3.22. The highest BCUT2D eigenvalue weighted by molar-refractivity contribution is 9.10. The van der Waals surface area contributed by atoms with Gasteiger partial charge in [-0.3, -0.25) is 0 Å². The molecule has 5 nitrogen and oxygen atoms in total. The van der Waals surface area contributed by atoms with Gasteiger partial charge in [0.15, 0.2) is 17.6 Å². The standard InChI is InChI=1S/C11H12BrNO4/c1-16-9-3-6(11(15)8(14)5-13)7(12)4-10(9)17-2/h3-4,8,11,14-15H,1-2H3. The predicted octanol–water partition coefficient (Wildman–Crippen LogP) is 1.38. The van der Waals surface area contributed by atoms with Gasteiger partial charge in [-0.15, -0.1) is 0 Å². The van der Waals surface area contributed by atoms with Crippen LogP contribution in [-0.2, 0) is 0 Å². The maximum atomic E-state index is 9.75. The van der Waals surface area contributed by atoms with E-state index in [1.807, 2.05) is 0 Å². The first-order valence-electron chi connectivity index (χ1n) is 4.72. The lowest BCUT2D eigenvalue weighted by Crippen LogP contribution is -2.16. The average molecular weight is 302 g/mol. The Morgan fingerprint density at radius 2 is 1.76 bits per heavy atom. The summed E-state index contributed by atoms with van der Waals surface area (Å²) in [7, 11) is 2.95. The van der Waals surface area contributed by atoms with E-state index in [4.69, 9.17) is 14.7 Å². The third-order valence-corrected chi connectivity index (χ3v) is 2.94. The Morgan fingerprint density at radius 1 is 1.24 bits per heavy atom. The maximum absolute atomic E-state index is 9.75. The highest BCUT2D eigenvalue weighted by Crippen LogP contribution is 2.36. The molecule has 1 aromatic rings. The third-order valence-electron chi connectivity index (χ3n) is 2.25. The van der Waals surface area contributed by atoms with Crippen molar-refractivity contribution < 1.29 is 19.7 Å². The molecule has 1 aromatic carbocycles. The zero-order valence-electron chi connectivity index (χ0n) is 9.35. The number of halogens is 1. The largest absolute Gasteiger partial charge is 0.493 e. The van der Waals surface area contributed by atoms with Gasteiger partial charge >= 0.3 is 0 Å². The van der Waals surface area contributed by atoms with Crippen LogP contribution in [0.5, 0.6) is 11.5 Å². The van der Waals surface area contributed by atoms with E-state index < -0.39 is 12.2 Å². The second kappa shape index (κ2) is 5.87. The second-order valence-corrected chi connectivity index (χ2v) is 4.10. The van der Waals surface area contributed by atoms with E-state index in [2.05, 4.69) is 15.9 Å². The van der Waals surface area contributed by atoms with Crippen molar-refractivity contribution in [2.24, 2.45) is 0 Å². The molecule has 92 valence electrons. The van der Waals surface area contributed by atoms with Crippen molar-refractivity contribution in [3.63, 3.8) is 0 Å². The molecule has 2 atom stereocenters. The van der Waals surface area contributed by atoms with Gasteiger partial charge in [-0.25, -0.2) is 0 Å². The first kappa shape index (κ1) is 13.8. The van der Waals surface area contributed by atoms with Crippen molar-refractivity contribution in [3.8, 4) is 17.6 Å². The van der Waals surface area contributed by atoms with Gasteiger partial charge in [-0.05, 0) is 12.1 Å². The molecular formula is C11H12BrNO4. The van der Waals surface area contributed by atoms with Crippen molar-refractivity contribution in [2.75, 3.05) is 14.2 Å². The number of rotatable bonds is 4. The fourth-order valence-electron chi connectivity index (χ4n) is 1.34. The van der Waals surface area contributed by atoms with Crippen molar-refractivity contribution in [1.82, 2.24) is 0 Å². The van der Waals surface area contributed by atoms with Crippen molar-refractivity contribution in [3.05, 3.63) is 22.2 Å². The summed E-state index contributed by atoms with van der Waals surface area (Å²) in [6.45, 7) is 0. The normalized spacial score (nSPS) is 13.6. The van der Waals surface area contributed by atoms with Gasteiger partial charge in [0.25, 0.3) is 0 Å². The van der Waals surface area contributed by atoms with Gasteiger partial charge in [-0.1, -0.05) is 15.9 Å². The summed E-state index contributed by atoms with van der Waals surface area (Å²) in [6, 6.07) is 4.68. The zero-order valence-corrected chi connectivity index (χ0v) is 10.9. The van der Waals surface area contributed by atoms with E-state index in [1.54, 1.807) is 12.1 Å². The summed E-state index contributed by atoms with van der Waals surface area (Å²) in [5, 5.41) is 27.6. The minimum absolute atomic E-state index is 0.358. The van der Waals surface area contributed by atoms with Gasteiger partial charge in [0.2, 0.25) is 0 Å². The molecule has 0 heterocycles. The van der Waals surface area contributed by atoms with Crippen LogP contribution in [0.3, 0.4) is 0 Å². The smallest absolute Gasteiger partial charge is 0.170 e. The fraction of sp³-hybridized carbons (Fsp3) is 0.364. The molecule has 0 radical (unpaired) electrons. The Kier molecular flexibility index (Phi) is 4.75. The number of nitriles is 1. The SMILES string of the molecule is COc1cc(Br)c(C(O)C(O)C#N)cc1OC. The van der Waals surface area contributed by atoms with Crippen LogP contribution in [-0.4, -0.2) is 30.5 Å². The number of aliphatic hydroxyl groups is 2. The van der Waals surface area contributed by atoms with Gasteiger partial charge in [-0.2, -0.15) is 5.26 Å². The minimum Gasteiger partial charge on any atom is -0.493 e. The van der Waals surface area contributed by atoms with Crippen LogP contribution in [0.25, 0.3) is 0 Å². The van der Waals surface area contributed by atoms with Crippen LogP contribution in [0.15, 0.2) is 16.6 Å². The molecule has 0 bridgehead atoms. The quantitative estimate of drug-likeness (QED) is 0.821. The molecule has 0 amide bonds. The monoisotopic (exact) mass is 301 g/mol. The second-order valence-electron chi connectivity index (χ2n) is 3.25. The van der Waals surface area contributed by atoms with Crippen LogP contribution < -0.4 is 9.47 Å². The average Bonchev–Trinajstić information content (AvgIpc) is 2.36. The number of hydrogen-bond donors (Lipinski definition) is 2. The van der Waals surface area contributed by atoms with Crippen LogP contribution in [0, 0.1) is 11.3 Å². The summed E-state index contributed by atoms with van der Waals surface area (Å²) in [6.07, 6.45) is -2.81. The number of hydrogen-bond acceptors (Lipinski definition) is 5. The molecule has 1 rings (SSSR count). The molecule has 0 aliphatic carbocycles. The zero-order chi connectivity index (χ0) is 13.0. The molecule has 0 saturated carbocycles. The fourth-order valence-corrected chi connectivity index (χ4v) is 1.89. The molecule has 6 heteroatoms. The van der Waals surface area contributed by atoms with Gasteiger partial charge in [0.1, 0.15) is 6.10 Å². The molecule has 2 unspecified atom stereocenters. The topological polar surface area (TPSA) is 82.7 Å². The Bertz CT molecular complexity index is 444. The first-order valence-corrected chi connectivity index (χ1v) is 5.51. The van der Waals surface area contributed by atoms with Crippen LogP contribution in [0.4, 0.5) is 0 Å². The lowest BCUT2D eigenvalue weighted by Gasteiger charge is -2.16. The summed E-state index contributed by atoms with van der Waals surface area (Å²) >= 11 is 3.23. The molecular weight excluding hydrogens is 290 g/mol.